The second-order valence-electron chi connectivity index (χ2n) is 3.65. The van der Waals surface area contributed by atoms with Crippen molar-refractivity contribution < 1.29 is 0 Å². The number of amidine groups is 1. The Balaban J connectivity index is 0. The van der Waals surface area contributed by atoms with Gasteiger partial charge in [0.15, 0.2) is 0 Å². The molecule has 74 valence electrons. The zero-order chi connectivity index (χ0) is 9.56. The Labute approximate surface area is 94.6 Å². The Morgan fingerprint density at radius 1 is 1.23 bits per heavy atom. The molecule has 0 bridgehead atoms. The zero-order valence-corrected chi connectivity index (χ0v) is 8.78. The summed E-state index contributed by atoms with van der Waals surface area (Å²) < 4.78 is 0. The molecule has 0 rings (SSSR count). The van der Waals surface area contributed by atoms with Crippen LogP contribution in [-0.4, -0.2) is 30.7 Å². The third-order valence-electron chi connectivity index (χ3n) is 2.28. The summed E-state index contributed by atoms with van der Waals surface area (Å²) in [5.41, 5.74) is 0. The van der Waals surface area contributed by atoms with Crippen LogP contribution in [0.4, 0.5) is 0 Å². The molecule has 0 aromatic heterocycles. The quantitative estimate of drug-likeness (QED) is 0.377. The van der Waals surface area contributed by atoms with Gasteiger partial charge in [0.05, 0.1) is 5.84 Å². The summed E-state index contributed by atoms with van der Waals surface area (Å²) in [6.07, 6.45) is 3.13. The second kappa shape index (κ2) is 8.66. The molecule has 0 aliphatic rings. The van der Waals surface area contributed by atoms with Gasteiger partial charge in [-0.2, -0.15) is 0 Å². The molecular formula is C10H23LiN2. The Morgan fingerprint density at radius 3 is 2.15 bits per heavy atom. The van der Waals surface area contributed by atoms with Crippen LogP contribution in [0.1, 0.15) is 47.0 Å². The first-order chi connectivity index (χ1) is 5.60. The minimum absolute atomic E-state index is 0. The Kier molecular flexibility index (Phi) is 10.3. The van der Waals surface area contributed by atoms with Gasteiger partial charge in [0.25, 0.3) is 0 Å². The number of hydrogen-bond donors (Lipinski definition) is 2. The first kappa shape index (κ1) is 15.5. The van der Waals surface area contributed by atoms with Gasteiger partial charge in [0, 0.05) is 12.5 Å². The van der Waals surface area contributed by atoms with E-state index >= 15 is 0 Å². The molecule has 0 aromatic carbocycles. The van der Waals surface area contributed by atoms with Gasteiger partial charge < -0.3 is 5.32 Å². The van der Waals surface area contributed by atoms with Gasteiger partial charge in [-0.05, 0) is 19.3 Å². The van der Waals surface area contributed by atoms with Crippen molar-refractivity contribution in [2.75, 3.05) is 0 Å². The molecule has 3 heteroatoms. The molecule has 2 unspecified atom stereocenters. The number of hydrogen-bond acceptors (Lipinski definition) is 1. The van der Waals surface area contributed by atoms with Crippen molar-refractivity contribution in [3.05, 3.63) is 0 Å². The number of nitrogens with one attached hydrogen (secondary N) is 2. The van der Waals surface area contributed by atoms with E-state index in [0.717, 1.165) is 19.3 Å². The van der Waals surface area contributed by atoms with Crippen molar-refractivity contribution in [1.82, 2.24) is 5.32 Å². The van der Waals surface area contributed by atoms with Crippen molar-refractivity contribution in [2.45, 2.75) is 53.0 Å². The van der Waals surface area contributed by atoms with Gasteiger partial charge in [0.2, 0.25) is 0 Å². The van der Waals surface area contributed by atoms with E-state index in [4.69, 9.17) is 5.41 Å². The van der Waals surface area contributed by atoms with Gasteiger partial charge in [-0.1, -0.05) is 27.2 Å². The van der Waals surface area contributed by atoms with E-state index in [2.05, 4.69) is 33.0 Å². The van der Waals surface area contributed by atoms with Crippen molar-refractivity contribution in [3.63, 3.8) is 0 Å². The average molecular weight is 178 g/mol. The summed E-state index contributed by atoms with van der Waals surface area (Å²) in [5, 5.41) is 10.8. The number of rotatable bonds is 5. The predicted octanol–water partition coefficient (Wildman–Crippen LogP) is 2.14. The third kappa shape index (κ3) is 8.40. The van der Waals surface area contributed by atoms with E-state index in [1.807, 2.05) is 0 Å². The van der Waals surface area contributed by atoms with Crippen molar-refractivity contribution >= 4 is 24.7 Å². The van der Waals surface area contributed by atoms with Crippen LogP contribution in [0.2, 0.25) is 0 Å². The van der Waals surface area contributed by atoms with Crippen LogP contribution in [0, 0.1) is 11.3 Å². The van der Waals surface area contributed by atoms with Gasteiger partial charge >= 0.3 is 18.9 Å². The van der Waals surface area contributed by atoms with Crippen LogP contribution in [0.15, 0.2) is 0 Å². The SMILES string of the molecule is CCC(C)CC(=N)NC(C)CC.[LiH]. The van der Waals surface area contributed by atoms with Crippen LogP contribution in [0.3, 0.4) is 0 Å². The summed E-state index contributed by atoms with van der Waals surface area (Å²) in [6.45, 7) is 8.60. The molecule has 0 amide bonds. The molecule has 0 aliphatic heterocycles. The molecule has 0 saturated carbocycles. The molecule has 0 fully saturated rings. The molecule has 0 radical (unpaired) electrons. The topological polar surface area (TPSA) is 35.9 Å². The van der Waals surface area contributed by atoms with E-state index in [1.165, 1.54) is 0 Å². The zero-order valence-electron chi connectivity index (χ0n) is 8.78. The first-order valence-corrected chi connectivity index (χ1v) is 4.94. The fourth-order valence-corrected chi connectivity index (χ4v) is 0.951. The maximum absolute atomic E-state index is 7.64. The summed E-state index contributed by atoms with van der Waals surface area (Å²) in [5.74, 6) is 1.33. The molecule has 0 heterocycles. The van der Waals surface area contributed by atoms with Crippen LogP contribution in [0.25, 0.3) is 0 Å². The molecule has 2 atom stereocenters. The standard InChI is InChI=1S/C10H22N2.Li.H/c1-5-8(3)7-10(11)12-9(4)6-2;;/h8-9H,5-7H2,1-4H3,(H2,11,12);;. The normalized spacial score (nSPS) is 14.2. The van der Waals surface area contributed by atoms with Crippen LogP contribution in [-0.2, 0) is 0 Å². The molecule has 13 heavy (non-hydrogen) atoms. The summed E-state index contributed by atoms with van der Waals surface area (Å²) >= 11 is 0. The Bertz CT molecular complexity index is 123. The van der Waals surface area contributed by atoms with Crippen molar-refractivity contribution in [1.29, 1.82) is 5.41 Å². The van der Waals surface area contributed by atoms with Gasteiger partial charge in [-0.25, -0.2) is 0 Å². The maximum atomic E-state index is 7.64. The molecule has 2 N–H and O–H groups in total. The monoisotopic (exact) mass is 178 g/mol. The minimum atomic E-state index is 0. The predicted molar refractivity (Wildman–Crippen MR) is 61.8 cm³/mol. The fourth-order valence-electron chi connectivity index (χ4n) is 0.951. The first-order valence-electron chi connectivity index (χ1n) is 4.94. The van der Waals surface area contributed by atoms with Crippen LogP contribution in [0.5, 0.6) is 0 Å². The molecule has 0 aromatic rings. The molecule has 2 nitrogen and oxygen atoms in total. The molecule has 0 spiro atoms. The van der Waals surface area contributed by atoms with Crippen molar-refractivity contribution in [2.24, 2.45) is 5.92 Å². The summed E-state index contributed by atoms with van der Waals surface area (Å²) in [6, 6.07) is 0.446. The Hall–Kier alpha value is 0.0674. The average Bonchev–Trinajstić information content (AvgIpc) is 2.03. The fraction of sp³-hybridized carbons (Fsp3) is 0.900. The van der Waals surface area contributed by atoms with Gasteiger partial charge in [-0.3, -0.25) is 5.41 Å². The molecule has 0 aliphatic carbocycles. The van der Waals surface area contributed by atoms with E-state index in [-0.39, 0.29) is 18.9 Å². The molecule has 0 saturated heterocycles. The third-order valence-corrected chi connectivity index (χ3v) is 2.28. The van der Waals surface area contributed by atoms with E-state index in [0.29, 0.717) is 17.8 Å². The van der Waals surface area contributed by atoms with Crippen molar-refractivity contribution in [3.8, 4) is 0 Å². The van der Waals surface area contributed by atoms with Gasteiger partial charge in [-0.15, -0.1) is 0 Å². The second-order valence-corrected chi connectivity index (χ2v) is 3.65. The van der Waals surface area contributed by atoms with E-state index in [1.54, 1.807) is 0 Å². The summed E-state index contributed by atoms with van der Waals surface area (Å²) in [7, 11) is 0. The van der Waals surface area contributed by atoms with E-state index < -0.39 is 0 Å². The van der Waals surface area contributed by atoms with Gasteiger partial charge in [0.1, 0.15) is 0 Å². The van der Waals surface area contributed by atoms with Crippen LogP contribution < -0.4 is 5.32 Å². The van der Waals surface area contributed by atoms with Crippen LogP contribution >= 0.6 is 0 Å². The Morgan fingerprint density at radius 2 is 1.77 bits per heavy atom. The van der Waals surface area contributed by atoms with E-state index in [9.17, 15) is 0 Å². The molecular weight excluding hydrogens is 155 g/mol. The summed E-state index contributed by atoms with van der Waals surface area (Å²) in [4.78, 5) is 0.